The molecular weight excluding hydrogens is 191 g/mol. The van der Waals surface area contributed by atoms with E-state index in [-0.39, 0.29) is 29.6 Å². The molecule has 14 heavy (non-hydrogen) atoms. The number of aliphatic carboxylic acids is 1. The van der Waals surface area contributed by atoms with Crippen LogP contribution in [0.4, 0.5) is 0 Å². The van der Waals surface area contributed by atoms with Gasteiger partial charge in [-0.3, -0.25) is 0 Å². The van der Waals surface area contributed by atoms with Crippen molar-refractivity contribution in [3.8, 4) is 0 Å². The van der Waals surface area contributed by atoms with Gasteiger partial charge in [0.05, 0.1) is 18.3 Å². The zero-order valence-corrected chi connectivity index (χ0v) is 10.8. The Labute approximate surface area is 106 Å². The summed E-state index contributed by atoms with van der Waals surface area (Å²) < 4.78 is 1.56. The first-order valence-electron chi connectivity index (χ1n) is 4.29. The Kier molecular flexibility index (Phi) is 6.08. The van der Waals surface area contributed by atoms with Crippen LogP contribution in [0.3, 0.4) is 0 Å². The van der Waals surface area contributed by atoms with Crippen molar-refractivity contribution in [3.05, 3.63) is 18.7 Å². The number of carboxylic acids is 1. The third kappa shape index (κ3) is 3.82. The number of carbonyl (C=O) groups is 1. The summed E-state index contributed by atoms with van der Waals surface area (Å²) in [7, 11) is 0. The largest absolute Gasteiger partial charge is 1.00 e. The smallest absolute Gasteiger partial charge is 0.548 e. The van der Waals surface area contributed by atoms with Gasteiger partial charge in [-0.25, -0.2) is 4.98 Å². The fourth-order valence-corrected chi connectivity index (χ4v) is 1.24. The van der Waals surface area contributed by atoms with Crippen LogP contribution in [-0.4, -0.2) is 15.5 Å². The van der Waals surface area contributed by atoms with E-state index in [1.54, 1.807) is 17.0 Å². The Balaban J connectivity index is 0.00000169. The van der Waals surface area contributed by atoms with Crippen LogP contribution in [-0.2, 0) is 4.79 Å². The maximum atomic E-state index is 10.8. The van der Waals surface area contributed by atoms with Crippen LogP contribution in [0.15, 0.2) is 18.7 Å². The predicted molar refractivity (Wildman–Crippen MR) is 45.7 cm³/mol. The van der Waals surface area contributed by atoms with Crippen LogP contribution in [0.25, 0.3) is 0 Å². The number of aromatic nitrogens is 2. The first kappa shape index (κ1) is 13.7. The summed E-state index contributed by atoms with van der Waals surface area (Å²) in [5, 5.41) is 10.8. The van der Waals surface area contributed by atoms with Crippen molar-refractivity contribution >= 4 is 5.97 Å². The molecule has 0 saturated heterocycles. The van der Waals surface area contributed by atoms with Gasteiger partial charge >= 0.3 is 29.6 Å². The number of hydrogen-bond donors (Lipinski definition) is 0. The molecule has 1 atom stereocenters. The Morgan fingerprint density at radius 2 is 2.21 bits per heavy atom. The van der Waals surface area contributed by atoms with Gasteiger partial charge in [-0.2, -0.15) is 0 Å². The molecule has 0 fully saturated rings. The molecule has 0 radical (unpaired) electrons. The Hall–Kier alpha value is -0.320. The van der Waals surface area contributed by atoms with Crippen molar-refractivity contribution < 1.29 is 39.5 Å². The van der Waals surface area contributed by atoms with Gasteiger partial charge in [0.25, 0.3) is 0 Å². The summed E-state index contributed by atoms with van der Waals surface area (Å²) >= 11 is 0. The minimum atomic E-state index is -1.05. The number of nitrogens with zero attached hydrogens (tertiary/aromatic N) is 2. The molecule has 0 saturated carbocycles. The van der Waals surface area contributed by atoms with E-state index >= 15 is 0 Å². The van der Waals surface area contributed by atoms with Crippen molar-refractivity contribution in [3.63, 3.8) is 0 Å². The quantitative estimate of drug-likeness (QED) is 0.499. The van der Waals surface area contributed by atoms with E-state index in [1.807, 2.05) is 13.8 Å². The topological polar surface area (TPSA) is 57.9 Å². The van der Waals surface area contributed by atoms with Crippen LogP contribution in [0, 0.1) is 5.92 Å². The van der Waals surface area contributed by atoms with Gasteiger partial charge in [-0.15, -0.1) is 0 Å². The Bertz CT molecular complexity index is 272. The van der Waals surface area contributed by atoms with Gasteiger partial charge in [-0.05, 0) is 12.3 Å². The summed E-state index contributed by atoms with van der Waals surface area (Å²) in [5.74, 6) is -0.725. The normalized spacial score (nSPS) is 12.2. The standard InChI is InChI=1S/C9H14N2O2.Na/c1-7(2)5-8(9(12)13)11-4-3-10-6-11;/h3-4,6-8H,5H2,1-2H3,(H,12,13);/q;+1/p-1/t8-;/m0./s1. The van der Waals surface area contributed by atoms with Crippen LogP contribution < -0.4 is 34.7 Å². The molecule has 0 unspecified atom stereocenters. The van der Waals surface area contributed by atoms with E-state index in [1.165, 1.54) is 6.33 Å². The van der Waals surface area contributed by atoms with Crippen molar-refractivity contribution in [1.29, 1.82) is 0 Å². The van der Waals surface area contributed by atoms with E-state index in [4.69, 9.17) is 0 Å². The zero-order valence-electron chi connectivity index (χ0n) is 8.80. The summed E-state index contributed by atoms with van der Waals surface area (Å²) in [6, 6.07) is -0.595. The first-order chi connectivity index (χ1) is 6.11. The monoisotopic (exact) mass is 204 g/mol. The fraction of sp³-hybridized carbons (Fsp3) is 0.556. The van der Waals surface area contributed by atoms with Gasteiger partial charge in [0, 0.05) is 12.4 Å². The van der Waals surface area contributed by atoms with Gasteiger partial charge in [0.1, 0.15) is 0 Å². The van der Waals surface area contributed by atoms with Crippen molar-refractivity contribution in [1.82, 2.24) is 9.55 Å². The van der Waals surface area contributed by atoms with Crippen LogP contribution in [0.2, 0.25) is 0 Å². The summed E-state index contributed by atoms with van der Waals surface area (Å²) in [6.07, 6.45) is 5.28. The minimum absolute atomic E-state index is 0. The molecule has 1 rings (SSSR count). The molecule has 0 bridgehead atoms. The minimum Gasteiger partial charge on any atom is -0.548 e. The van der Waals surface area contributed by atoms with E-state index in [0.717, 1.165) is 0 Å². The average molecular weight is 204 g/mol. The third-order valence-electron chi connectivity index (χ3n) is 1.85. The second-order valence-electron chi connectivity index (χ2n) is 3.47. The van der Waals surface area contributed by atoms with Gasteiger partial charge in [0.15, 0.2) is 0 Å². The SMILES string of the molecule is CC(C)C[C@@H](C(=O)[O-])n1ccnc1.[Na+]. The van der Waals surface area contributed by atoms with Crippen LogP contribution in [0.5, 0.6) is 0 Å². The molecule has 0 spiro atoms. The van der Waals surface area contributed by atoms with Crippen molar-refractivity contribution in [2.45, 2.75) is 26.3 Å². The Morgan fingerprint density at radius 1 is 1.57 bits per heavy atom. The maximum Gasteiger partial charge on any atom is 1.00 e. The summed E-state index contributed by atoms with van der Waals surface area (Å²) in [4.78, 5) is 14.6. The van der Waals surface area contributed by atoms with E-state index in [2.05, 4.69) is 4.98 Å². The molecule has 1 aromatic rings. The second-order valence-corrected chi connectivity index (χ2v) is 3.47. The number of carbonyl (C=O) groups excluding carboxylic acids is 1. The third-order valence-corrected chi connectivity index (χ3v) is 1.85. The maximum absolute atomic E-state index is 10.8. The number of carboxylic acid groups (broad SMARTS) is 1. The van der Waals surface area contributed by atoms with E-state index < -0.39 is 12.0 Å². The summed E-state index contributed by atoms with van der Waals surface area (Å²) in [6.45, 7) is 3.96. The number of hydrogen-bond acceptors (Lipinski definition) is 3. The molecule has 0 aliphatic rings. The molecule has 0 N–H and O–H groups in total. The predicted octanol–water partition coefficient (Wildman–Crippen LogP) is -2.78. The Morgan fingerprint density at radius 3 is 2.57 bits per heavy atom. The van der Waals surface area contributed by atoms with Gasteiger partial charge < -0.3 is 14.5 Å². The molecule has 0 aliphatic heterocycles. The molecule has 72 valence electrons. The molecular formula is C9H13N2NaO2. The van der Waals surface area contributed by atoms with Crippen LogP contribution in [0.1, 0.15) is 26.3 Å². The molecule has 0 amide bonds. The van der Waals surface area contributed by atoms with E-state index in [9.17, 15) is 9.90 Å². The van der Waals surface area contributed by atoms with Crippen molar-refractivity contribution in [2.24, 2.45) is 5.92 Å². The summed E-state index contributed by atoms with van der Waals surface area (Å²) in [5.41, 5.74) is 0. The van der Waals surface area contributed by atoms with E-state index in [0.29, 0.717) is 12.3 Å². The molecule has 4 nitrogen and oxygen atoms in total. The molecule has 0 aromatic carbocycles. The molecule has 1 aromatic heterocycles. The molecule has 1 heterocycles. The number of rotatable bonds is 4. The average Bonchev–Trinajstić information content (AvgIpc) is 2.50. The van der Waals surface area contributed by atoms with Gasteiger partial charge in [0.2, 0.25) is 0 Å². The first-order valence-corrected chi connectivity index (χ1v) is 4.29. The second kappa shape index (κ2) is 6.22. The molecule has 5 heteroatoms. The number of imidazole rings is 1. The fourth-order valence-electron chi connectivity index (χ4n) is 1.24. The van der Waals surface area contributed by atoms with Gasteiger partial charge in [-0.1, -0.05) is 13.8 Å². The van der Waals surface area contributed by atoms with Crippen molar-refractivity contribution in [2.75, 3.05) is 0 Å². The van der Waals surface area contributed by atoms with Crippen LogP contribution >= 0.6 is 0 Å². The molecule has 0 aliphatic carbocycles. The zero-order chi connectivity index (χ0) is 9.84.